The van der Waals surface area contributed by atoms with E-state index in [9.17, 15) is 14.7 Å². The first-order valence-electron chi connectivity index (χ1n) is 13.3. The highest BCUT2D eigenvalue weighted by Crippen LogP contribution is 2.74. The average Bonchev–Trinajstić information content (AvgIpc) is 2.79. The molecule has 0 aromatic carbocycles. The second-order valence-electron chi connectivity index (χ2n) is 12.9. The summed E-state index contributed by atoms with van der Waals surface area (Å²) in [6, 6.07) is 0. The van der Waals surface area contributed by atoms with Gasteiger partial charge in [0.1, 0.15) is 0 Å². The van der Waals surface area contributed by atoms with E-state index in [1.54, 1.807) is 7.11 Å². The number of carbonyl (C=O) groups is 2. The summed E-state index contributed by atoms with van der Waals surface area (Å²) in [6.45, 7) is 13.8. The summed E-state index contributed by atoms with van der Waals surface area (Å²) < 4.78 is 5.46. The molecule has 4 nitrogen and oxygen atoms in total. The molecule has 3 fully saturated rings. The van der Waals surface area contributed by atoms with Crippen molar-refractivity contribution in [2.45, 2.75) is 86.5 Å². The van der Waals surface area contributed by atoms with E-state index >= 15 is 0 Å². The zero-order chi connectivity index (χ0) is 24.8. The number of ether oxygens (including phenoxy) is 1. The fraction of sp³-hybridized carbons (Fsp3) is 0.733. The summed E-state index contributed by atoms with van der Waals surface area (Å²) in [4.78, 5) is 25.9. The van der Waals surface area contributed by atoms with Crippen molar-refractivity contribution >= 4 is 11.8 Å². The predicted octanol–water partition coefficient (Wildman–Crippen LogP) is 6.72. The SMILES string of the molecule is COC(=O)[C@]12CC[C@@H](C)[C@H](C)[C@@H]1C1=CC[C@@H]3[C@@]4(C)C=C(O)C(=O)C(C)=C4CC[C@@]3(C)[C@]1(C)CC2. The van der Waals surface area contributed by atoms with Gasteiger partial charge in [0.2, 0.25) is 5.78 Å². The number of fused-ring (bicyclic) bond motifs is 7. The first-order chi connectivity index (χ1) is 15.9. The van der Waals surface area contributed by atoms with Gasteiger partial charge in [0.25, 0.3) is 0 Å². The van der Waals surface area contributed by atoms with Crippen molar-refractivity contribution in [2.24, 2.45) is 45.3 Å². The minimum atomic E-state index is -0.398. The van der Waals surface area contributed by atoms with Crippen molar-refractivity contribution in [3.8, 4) is 0 Å². The van der Waals surface area contributed by atoms with Gasteiger partial charge in [0.05, 0.1) is 12.5 Å². The highest BCUT2D eigenvalue weighted by molar-refractivity contribution is 6.08. The fourth-order valence-corrected chi connectivity index (χ4v) is 9.63. The van der Waals surface area contributed by atoms with E-state index in [4.69, 9.17) is 4.74 Å². The topological polar surface area (TPSA) is 63.6 Å². The Bertz CT molecular complexity index is 1050. The molecule has 0 spiro atoms. The van der Waals surface area contributed by atoms with Crippen LogP contribution in [0.3, 0.4) is 0 Å². The minimum absolute atomic E-state index is 0.0124. The standard InChI is InChI=1S/C30H42O4/c1-17-10-13-30(26(33)34-7)15-14-28(5)21(24(30)18(17)2)8-9-23-27(4)16-22(31)25(32)19(3)20(27)11-12-29(23,28)6/h8,16-18,23-24,31H,9-15H2,1-7H3/t17-,18+,23-,24-,27+,28-,29-,30+/m1/s1. The molecule has 0 amide bonds. The number of hydrogen-bond donors (Lipinski definition) is 1. The van der Waals surface area contributed by atoms with E-state index in [2.05, 4.69) is 40.7 Å². The fourth-order valence-electron chi connectivity index (χ4n) is 9.63. The van der Waals surface area contributed by atoms with Gasteiger partial charge in [0, 0.05) is 11.0 Å². The summed E-state index contributed by atoms with van der Waals surface area (Å²) in [6.07, 6.45) is 11.1. The maximum Gasteiger partial charge on any atom is 0.312 e. The zero-order valence-corrected chi connectivity index (χ0v) is 22.1. The molecular weight excluding hydrogens is 424 g/mol. The summed E-state index contributed by atoms with van der Waals surface area (Å²) >= 11 is 0. The van der Waals surface area contributed by atoms with E-state index in [0.717, 1.165) is 50.5 Å². The van der Waals surface area contributed by atoms with Crippen molar-refractivity contribution in [3.63, 3.8) is 0 Å². The van der Waals surface area contributed by atoms with E-state index in [1.807, 2.05) is 13.0 Å². The van der Waals surface area contributed by atoms with Crippen LogP contribution in [0, 0.1) is 45.3 Å². The van der Waals surface area contributed by atoms with Crippen LogP contribution in [0.1, 0.15) is 86.5 Å². The maximum absolute atomic E-state index is 13.3. The van der Waals surface area contributed by atoms with Crippen LogP contribution in [-0.2, 0) is 14.3 Å². The Hall–Kier alpha value is -1.84. The van der Waals surface area contributed by atoms with Crippen LogP contribution in [-0.4, -0.2) is 24.0 Å². The Balaban J connectivity index is 1.66. The third-order valence-corrected chi connectivity index (χ3v) is 12.0. The van der Waals surface area contributed by atoms with E-state index in [0.29, 0.717) is 17.8 Å². The van der Waals surface area contributed by atoms with Crippen LogP contribution >= 0.6 is 0 Å². The van der Waals surface area contributed by atoms with Crippen LogP contribution in [0.2, 0.25) is 0 Å². The Labute approximate surface area is 204 Å². The van der Waals surface area contributed by atoms with Crippen LogP contribution in [0.4, 0.5) is 0 Å². The zero-order valence-electron chi connectivity index (χ0n) is 22.1. The van der Waals surface area contributed by atoms with Gasteiger partial charge in [-0.25, -0.2) is 0 Å². The molecule has 0 unspecified atom stereocenters. The molecule has 0 saturated heterocycles. The van der Waals surface area contributed by atoms with E-state index in [-0.39, 0.29) is 39.7 Å². The highest BCUT2D eigenvalue weighted by Gasteiger charge is 2.67. The van der Waals surface area contributed by atoms with Crippen molar-refractivity contribution in [1.29, 1.82) is 0 Å². The number of carbonyl (C=O) groups excluding carboxylic acids is 2. The molecule has 4 heteroatoms. The number of allylic oxidation sites excluding steroid dienone is 5. The Morgan fingerprint density at radius 3 is 2.50 bits per heavy atom. The number of hydrogen-bond acceptors (Lipinski definition) is 4. The molecule has 1 N–H and O–H groups in total. The summed E-state index contributed by atoms with van der Waals surface area (Å²) in [7, 11) is 1.55. The number of Topliss-reactive ketones (excluding diaryl/α,β-unsaturated/α-hetero) is 1. The number of ketones is 1. The quantitative estimate of drug-likeness (QED) is 0.344. The molecule has 5 aliphatic rings. The first-order valence-corrected chi connectivity index (χ1v) is 13.3. The van der Waals surface area contributed by atoms with Crippen molar-refractivity contribution in [1.82, 2.24) is 0 Å². The average molecular weight is 467 g/mol. The van der Waals surface area contributed by atoms with E-state index in [1.165, 1.54) is 11.1 Å². The van der Waals surface area contributed by atoms with Gasteiger partial charge in [-0.3, -0.25) is 9.59 Å². The summed E-state index contributed by atoms with van der Waals surface area (Å²) in [5, 5.41) is 10.6. The molecule has 8 atom stereocenters. The molecule has 3 saturated carbocycles. The summed E-state index contributed by atoms with van der Waals surface area (Å²) in [5.74, 6) is 1.25. The van der Waals surface area contributed by atoms with Gasteiger partial charge >= 0.3 is 5.97 Å². The third kappa shape index (κ3) is 2.66. The van der Waals surface area contributed by atoms with Gasteiger partial charge in [0.15, 0.2) is 5.76 Å². The summed E-state index contributed by atoms with van der Waals surface area (Å²) in [5.41, 5.74) is 2.75. The van der Waals surface area contributed by atoms with Crippen molar-refractivity contribution in [3.05, 3.63) is 34.6 Å². The van der Waals surface area contributed by atoms with Crippen LogP contribution in [0.5, 0.6) is 0 Å². The number of methoxy groups -OCH3 is 1. The molecule has 0 bridgehead atoms. The smallest absolute Gasteiger partial charge is 0.312 e. The van der Waals surface area contributed by atoms with Gasteiger partial charge in [-0.15, -0.1) is 0 Å². The second-order valence-corrected chi connectivity index (χ2v) is 12.9. The van der Waals surface area contributed by atoms with Crippen LogP contribution in [0.25, 0.3) is 0 Å². The van der Waals surface area contributed by atoms with Crippen molar-refractivity contribution < 1.29 is 19.4 Å². The van der Waals surface area contributed by atoms with Gasteiger partial charge in [-0.1, -0.05) is 51.8 Å². The Kier molecular flexibility index (Phi) is 5.15. The molecule has 0 heterocycles. The van der Waals surface area contributed by atoms with Crippen LogP contribution < -0.4 is 0 Å². The van der Waals surface area contributed by atoms with Gasteiger partial charge in [-0.05, 0) is 92.4 Å². The normalized spacial score (nSPS) is 48.0. The number of esters is 1. The Morgan fingerprint density at radius 1 is 1.12 bits per heavy atom. The molecule has 5 rings (SSSR count). The monoisotopic (exact) mass is 466 g/mol. The maximum atomic E-state index is 13.3. The predicted molar refractivity (Wildman–Crippen MR) is 133 cm³/mol. The molecule has 0 aliphatic heterocycles. The van der Waals surface area contributed by atoms with Gasteiger partial charge in [-0.2, -0.15) is 0 Å². The van der Waals surface area contributed by atoms with Crippen LogP contribution in [0.15, 0.2) is 34.6 Å². The molecule has 5 aliphatic carbocycles. The Morgan fingerprint density at radius 2 is 1.82 bits per heavy atom. The number of aliphatic hydroxyl groups excluding tert-OH is 1. The lowest BCUT2D eigenvalue weighted by Crippen LogP contribution is -2.62. The molecule has 0 aromatic heterocycles. The lowest BCUT2D eigenvalue weighted by Gasteiger charge is -2.68. The molecule has 0 aromatic rings. The highest BCUT2D eigenvalue weighted by atomic mass is 16.5. The van der Waals surface area contributed by atoms with Crippen molar-refractivity contribution in [2.75, 3.05) is 7.11 Å². The third-order valence-electron chi connectivity index (χ3n) is 12.0. The second kappa shape index (κ2) is 7.34. The molecule has 0 radical (unpaired) electrons. The first kappa shape index (κ1) is 23.9. The molecule has 34 heavy (non-hydrogen) atoms. The number of aliphatic hydroxyl groups is 1. The largest absolute Gasteiger partial charge is 0.504 e. The van der Waals surface area contributed by atoms with Gasteiger partial charge < -0.3 is 9.84 Å². The lowest BCUT2D eigenvalue weighted by molar-refractivity contribution is -0.171. The minimum Gasteiger partial charge on any atom is -0.504 e. The van der Waals surface area contributed by atoms with E-state index < -0.39 is 5.41 Å². The molecular formula is C30H42O4. The number of rotatable bonds is 1. The lowest BCUT2D eigenvalue weighted by atomic mass is 9.36. The molecule has 186 valence electrons.